The Labute approximate surface area is 292 Å². The molecule has 1 aromatic carbocycles. The van der Waals surface area contributed by atoms with Crippen LogP contribution in [-0.4, -0.2) is 90.2 Å². The summed E-state index contributed by atoms with van der Waals surface area (Å²) < 4.78 is 0. The number of hydrazine groups is 1. The molecular weight excluding hydrogens is 696 g/mol. The molecule has 0 saturated carbocycles. The minimum absolute atomic E-state index is 0.0952. The van der Waals surface area contributed by atoms with Crippen molar-refractivity contribution in [3.8, 4) is 16.6 Å². The first-order chi connectivity index (χ1) is 24.0. The molecule has 9 N–H and O–H groups in total. The molecule has 0 fully saturated rings. The SMILES string of the molecule is CC(C)CC(NC(=O)NC(=O)NC(=O)NC(=O)NC(=O)NC(=O)NC(=O)NC(=O)NC(=O)c1cccc(-c2cccs2)c1)C(=O)N(C)N(C)C#N. The van der Waals surface area contributed by atoms with Gasteiger partial charge in [0.15, 0.2) is 6.19 Å². The van der Waals surface area contributed by atoms with Crippen molar-refractivity contribution >= 4 is 71.4 Å². The summed E-state index contributed by atoms with van der Waals surface area (Å²) in [6, 6.07) is -2.95. The predicted molar refractivity (Wildman–Crippen MR) is 175 cm³/mol. The zero-order valence-electron chi connectivity index (χ0n) is 27.2. The van der Waals surface area contributed by atoms with Crippen molar-refractivity contribution in [2.75, 3.05) is 14.1 Å². The van der Waals surface area contributed by atoms with Crippen molar-refractivity contribution in [2.45, 2.75) is 26.3 Å². The lowest BCUT2D eigenvalue weighted by Crippen LogP contribution is -2.57. The number of rotatable bonds is 7. The molecule has 0 bridgehead atoms. The van der Waals surface area contributed by atoms with Gasteiger partial charge in [0, 0.05) is 24.5 Å². The fourth-order valence-corrected chi connectivity index (χ4v) is 4.42. The second-order valence-corrected chi connectivity index (χ2v) is 11.3. The number of imide groups is 8. The molecule has 0 radical (unpaired) electrons. The van der Waals surface area contributed by atoms with Crippen LogP contribution in [0.1, 0.15) is 30.6 Å². The van der Waals surface area contributed by atoms with E-state index in [0.29, 0.717) is 5.56 Å². The normalized spacial score (nSPS) is 10.5. The lowest BCUT2D eigenvalue weighted by molar-refractivity contribution is -0.142. The Morgan fingerprint density at radius 1 is 0.686 bits per heavy atom. The van der Waals surface area contributed by atoms with E-state index in [9.17, 15) is 47.9 Å². The Morgan fingerprint density at radius 2 is 1.16 bits per heavy atom. The first-order valence-corrected chi connectivity index (χ1v) is 15.2. The summed E-state index contributed by atoms with van der Waals surface area (Å²) in [6.07, 6.45) is 1.83. The van der Waals surface area contributed by atoms with Gasteiger partial charge in [-0.1, -0.05) is 32.0 Å². The van der Waals surface area contributed by atoms with Crippen molar-refractivity contribution in [1.29, 1.82) is 5.26 Å². The van der Waals surface area contributed by atoms with Gasteiger partial charge in [-0.2, -0.15) is 5.26 Å². The van der Waals surface area contributed by atoms with Crippen LogP contribution >= 0.6 is 11.3 Å². The third-order valence-corrected chi connectivity index (χ3v) is 6.89. The summed E-state index contributed by atoms with van der Waals surface area (Å²) in [6.45, 7) is 3.50. The number of likely N-dealkylation sites (N-methyl/N-ethyl adjacent to an activating group) is 1. The monoisotopic (exact) mass is 728 g/mol. The van der Waals surface area contributed by atoms with Gasteiger partial charge in [-0.15, -0.1) is 11.3 Å². The van der Waals surface area contributed by atoms with Gasteiger partial charge in [0.25, 0.3) is 11.8 Å². The van der Waals surface area contributed by atoms with Crippen molar-refractivity contribution in [2.24, 2.45) is 5.92 Å². The third kappa shape index (κ3) is 13.9. The van der Waals surface area contributed by atoms with Crippen molar-refractivity contribution in [1.82, 2.24) is 57.9 Å². The standard InChI is InChI=1S/C28H32N12O10S/c1-14(2)11-17(20(42)40(4)39(3)13-29)30-21(43)32-23(45)34-25(47)36-27(49)38-28(50)37-26(48)35-24(46)33-22(44)31-19(41)16-8-5-7-15(12-16)18-9-6-10-51-18/h5-10,12,14,17H,11H2,1-4H3,(H9,30,31,32,33,34,35,36,37,38,41,43,44,45,46,47,48,49,50). The van der Waals surface area contributed by atoms with Crippen molar-refractivity contribution < 1.29 is 47.9 Å². The molecule has 0 aliphatic carbocycles. The van der Waals surface area contributed by atoms with E-state index in [1.165, 1.54) is 64.1 Å². The van der Waals surface area contributed by atoms with E-state index in [1.54, 1.807) is 42.8 Å². The molecule has 270 valence electrons. The molecule has 1 aromatic heterocycles. The maximum atomic E-state index is 12.6. The number of hydrogen-bond donors (Lipinski definition) is 9. The van der Waals surface area contributed by atoms with Gasteiger partial charge >= 0.3 is 48.2 Å². The summed E-state index contributed by atoms with van der Waals surface area (Å²) in [5, 5.41) is 27.5. The number of thiophene rings is 1. The number of nitriles is 1. The van der Waals surface area contributed by atoms with Crippen LogP contribution in [0.4, 0.5) is 38.4 Å². The van der Waals surface area contributed by atoms with Gasteiger partial charge in [0.2, 0.25) is 0 Å². The molecule has 0 spiro atoms. The van der Waals surface area contributed by atoms with E-state index in [0.717, 1.165) is 14.9 Å². The largest absolute Gasteiger partial charge is 0.330 e. The molecule has 18 amide bonds. The average Bonchev–Trinajstić information content (AvgIpc) is 3.57. The molecule has 0 aliphatic heterocycles. The summed E-state index contributed by atoms with van der Waals surface area (Å²) >= 11 is 1.43. The van der Waals surface area contributed by atoms with E-state index in [2.05, 4.69) is 5.32 Å². The van der Waals surface area contributed by atoms with E-state index >= 15 is 0 Å². The van der Waals surface area contributed by atoms with Gasteiger partial charge in [0.05, 0.1) is 0 Å². The molecule has 23 heteroatoms. The molecule has 2 aromatic rings. The Kier molecular flexibility index (Phi) is 15.0. The minimum Gasteiger partial charge on any atom is -0.326 e. The van der Waals surface area contributed by atoms with E-state index in [-0.39, 0.29) is 17.9 Å². The molecule has 51 heavy (non-hydrogen) atoms. The highest BCUT2D eigenvalue weighted by atomic mass is 32.1. The number of benzene rings is 1. The van der Waals surface area contributed by atoms with Crippen LogP contribution in [0.5, 0.6) is 0 Å². The fourth-order valence-electron chi connectivity index (χ4n) is 3.70. The summed E-state index contributed by atoms with van der Waals surface area (Å²) in [7, 11) is 2.58. The maximum absolute atomic E-state index is 12.6. The van der Waals surface area contributed by atoms with Crippen LogP contribution in [0.3, 0.4) is 0 Å². The maximum Gasteiger partial charge on any atom is 0.330 e. The number of amides is 18. The topological polar surface area (TPSA) is 309 Å². The summed E-state index contributed by atoms with van der Waals surface area (Å²) in [5.74, 6) is -1.65. The fraction of sp³-hybridized carbons (Fsp3) is 0.250. The number of carbonyl (C=O) groups excluding carboxylic acids is 10. The van der Waals surface area contributed by atoms with Crippen molar-refractivity contribution in [3.63, 3.8) is 0 Å². The zero-order valence-corrected chi connectivity index (χ0v) is 28.1. The molecule has 1 heterocycles. The van der Waals surface area contributed by atoms with Crippen LogP contribution in [0.15, 0.2) is 41.8 Å². The second kappa shape index (κ2) is 19.0. The molecule has 1 unspecified atom stereocenters. The van der Waals surface area contributed by atoms with E-state index in [4.69, 9.17) is 5.26 Å². The van der Waals surface area contributed by atoms with Gasteiger partial charge in [0.1, 0.15) is 6.04 Å². The Bertz CT molecular complexity index is 1740. The van der Waals surface area contributed by atoms with Gasteiger partial charge < -0.3 is 5.32 Å². The number of hydrogen-bond acceptors (Lipinski definition) is 13. The smallest absolute Gasteiger partial charge is 0.326 e. The van der Waals surface area contributed by atoms with Gasteiger partial charge in [-0.25, -0.2) is 48.4 Å². The first kappa shape index (κ1) is 40.1. The van der Waals surface area contributed by atoms with Crippen LogP contribution in [0.25, 0.3) is 10.4 Å². The third-order valence-electron chi connectivity index (χ3n) is 5.97. The minimum atomic E-state index is -1.58. The number of nitrogens with one attached hydrogen (secondary N) is 9. The quantitative estimate of drug-likeness (QED) is 0.110. The van der Waals surface area contributed by atoms with Crippen LogP contribution in [0, 0.1) is 17.4 Å². The zero-order chi connectivity index (χ0) is 38.2. The predicted octanol–water partition coefficient (Wildman–Crippen LogP) is 1.02. The number of carbonyl (C=O) groups is 10. The molecule has 22 nitrogen and oxygen atoms in total. The number of urea groups is 8. The molecule has 1 atom stereocenters. The number of nitrogens with zero attached hydrogens (tertiary/aromatic N) is 3. The second-order valence-electron chi connectivity index (χ2n) is 10.3. The average molecular weight is 729 g/mol. The Morgan fingerprint density at radius 3 is 1.59 bits per heavy atom. The van der Waals surface area contributed by atoms with Gasteiger partial charge in [-0.05, 0) is 41.5 Å². The molecule has 0 aliphatic rings. The van der Waals surface area contributed by atoms with Crippen LogP contribution in [0.2, 0.25) is 0 Å². The summed E-state index contributed by atoms with van der Waals surface area (Å²) in [4.78, 5) is 122. The van der Waals surface area contributed by atoms with Gasteiger partial charge in [-0.3, -0.25) is 52.1 Å². The van der Waals surface area contributed by atoms with Crippen molar-refractivity contribution in [3.05, 3.63) is 47.3 Å². The van der Waals surface area contributed by atoms with Crippen LogP contribution in [-0.2, 0) is 4.79 Å². The Hall–Kier alpha value is -7.09. The molecule has 2 rings (SSSR count). The molecule has 0 saturated heterocycles. The highest BCUT2D eigenvalue weighted by Gasteiger charge is 2.28. The first-order valence-electron chi connectivity index (χ1n) is 14.3. The highest BCUT2D eigenvalue weighted by Crippen LogP contribution is 2.25. The van der Waals surface area contributed by atoms with E-state index in [1.807, 2.05) is 22.8 Å². The highest BCUT2D eigenvalue weighted by molar-refractivity contribution is 7.13. The van der Waals surface area contributed by atoms with Crippen LogP contribution < -0.4 is 47.9 Å². The molecular formula is C28H32N12O10S. The lowest BCUT2D eigenvalue weighted by Gasteiger charge is -2.28. The van der Waals surface area contributed by atoms with E-state index < -0.39 is 66.1 Å². The summed E-state index contributed by atoms with van der Waals surface area (Å²) in [5.41, 5.74) is 0.806. The Balaban J connectivity index is 1.74. The lowest BCUT2D eigenvalue weighted by atomic mass is 10.0.